The maximum atomic E-state index is 10.3. The molecule has 0 saturated carbocycles. The van der Waals surface area contributed by atoms with Crippen LogP contribution in [0.4, 0.5) is 44.5 Å². The molecule has 0 aliphatic rings. The summed E-state index contributed by atoms with van der Waals surface area (Å²) in [6.45, 7) is 10.1. The van der Waals surface area contributed by atoms with Crippen molar-refractivity contribution < 1.29 is 0 Å². The maximum Gasteiger partial charge on any atom is 0.232 e. The van der Waals surface area contributed by atoms with E-state index < -0.39 is 0 Å². The van der Waals surface area contributed by atoms with E-state index in [1.807, 2.05) is 106 Å². The zero-order valence-corrected chi connectivity index (χ0v) is 31.3. The number of rotatable bonds is 9. The van der Waals surface area contributed by atoms with Crippen molar-refractivity contribution in [1.29, 1.82) is 5.26 Å². The molecule has 0 fully saturated rings. The molecule has 5 aromatic carbocycles. The highest BCUT2D eigenvalue weighted by molar-refractivity contribution is 7.19. The SMILES string of the molecule is Cc1ccc(Nc2nc(Nc3ccc(C)cc3)c(N=Nc3nc(-c4ccc(Cl)cc4)c(N=Nc4cc(C)c5cccc(C)c5c4)s3)c(C)c2C#N)cc1. The lowest BCUT2D eigenvalue weighted by molar-refractivity contribution is 1.15. The fraction of sp³-hybridized carbons (Fsp3) is 0.119. The minimum absolute atomic E-state index is 0.352. The molecule has 0 unspecified atom stereocenters. The Kier molecular flexibility index (Phi) is 10.0. The molecule has 0 bridgehead atoms. The van der Waals surface area contributed by atoms with Crippen LogP contribution < -0.4 is 10.6 Å². The van der Waals surface area contributed by atoms with Crippen LogP contribution in [-0.2, 0) is 0 Å². The summed E-state index contributed by atoms with van der Waals surface area (Å²) in [7, 11) is 0. The van der Waals surface area contributed by atoms with E-state index in [9.17, 15) is 5.26 Å². The molecule has 0 saturated heterocycles. The van der Waals surface area contributed by atoms with Crippen LogP contribution in [0, 0.1) is 45.9 Å². The van der Waals surface area contributed by atoms with Gasteiger partial charge in [0.15, 0.2) is 16.6 Å². The Hall–Kier alpha value is -6.28. The molecule has 7 aromatic rings. The standard InChI is InChI=1S/C42H34ClN9S/c1-24-9-17-31(18-10-24)45-39-36(23-44)28(5)37(40(48-39)46-32-19-11-25(2)12-20-32)50-52-42-47-38(29-13-15-30(43)16-14-29)41(53-42)51-49-33-21-27(4)34-8-6-7-26(3)35(34)22-33/h6-22H,1-5H3,(H2,45,46,48). The number of pyridine rings is 1. The van der Waals surface area contributed by atoms with Gasteiger partial charge in [0, 0.05) is 27.5 Å². The first-order valence-corrected chi connectivity index (χ1v) is 18.1. The Morgan fingerprint density at radius 1 is 0.660 bits per heavy atom. The van der Waals surface area contributed by atoms with Gasteiger partial charge < -0.3 is 10.6 Å². The molecule has 2 N–H and O–H groups in total. The number of aryl methyl sites for hydroxylation is 4. The van der Waals surface area contributed by atoms with Crippen LogP contribution in [0.15, 0.2) is 124 Å². The number of nitriles is 1. The highest BCUT2D eigenvalue weighted by atomic mass is 35.5. The monoisotopic (exact) mass is 731 g/mol. The molecular formula is C42H34ClN9S. The number of nitrogens with one attached hydrogen (secondary N) is 2. The molecule has 0 amide bonds. The van der Waals surface area contributed by atoms with Gasteiger partial charge in [0.1, 0.15) is 17.5 Å². The van der Waals surface area contributed by atoms with Crippen molar-refractivity contribution in [2.75, 3.05) is 10.6 Å². The van der Waals surface area contributed by atoms with Crippen LogP contribution in [-0.4, -0.2) is 9.97 Å². The quantitative estimate of drug-likeness (QED) is 0.143. The molecule has 0 aliphatic carbocycles. The molecule has 0 spiro atoms. The lowest BCUT2D eigenvalue weighted by Crippen LogP contribution is -2.04. The van der Waals surface area contributed by atoms with Gasteiger partial charge in [0.05, 0.1) is 11.3 Å². The summed E-state index contributed by atoms with van der Waals surface area (Å²) in [6.07, 6.45) is 0. The van der Waals surface area contributed by atoms with Crippen molar-refractivity contribution in [2.24, 2.45) is 20.5 Å². The van der Waals surface area contributed by atoms with E-state index in [0.29, 0.717) is 49.3 Å². The molecule has 7 rings (SSSR count). The zero-order chi connectivity index (χ0) is 37.1. The summed E-state index contributed by atoms with van der Waals surface area (Å²) in [5.74, 6) is 0.837. The van der Waals surface area contributed by atoms with Crippen molar-refractivity contribution in [1.82, 2.24) is 9.97 Å². The topological polar surface area (TPSA) is 123 Å². The average molecular weight is 732 g/mol. The molecule has 11 heteroatoms. The van der Waals surface area contributed by atoms with Gasteiger partial charge in [-0.15, -0.1) is 20.5 Å². The first-order chi connectivity index (χ1) is 25.6. The Morgan fingerprint density at radius 2 is 1.32 bits per heavy atom. The van der Waals surface area contributed by atoms with Crippen molar-refractivity contribution in [2.45, 2.75) is 34.6 Å². The second-order valence-electron chi connectivity index (χ2n) is 12.7. The number of azo groups is 2. The Labute approximate surface area is 316 Å². The largest absolute Gasteiger partial charge is 0.339 e. The molecule has 0 atom stereocenters. The predicted octanol–water partition coefficient (Wildman–Crippen LogP) is 13.7. The van der Waals surface area contributed by atoms with Gasteiger partial charge in [-0.1, -0.05) is 88.7 Å². The number of hydrogen-bond donors (Lipinski definition) is 2. The van der Waals surface area contributed by atoms with Crippen molar-refractivity contribution in [3.05, 3.63) is 142 Å². The summed E-state index contributed by atoms with van der Waals surface area (Å²) < 4.78 is 0. The molecule has 2 aromatic heterocycles. The lowest BCUT2D eigenvalue weighted by atomic mass is 10.0. The van der Waals surface area contributed by atoms with Crippen LogP contribution >= 0.6 is 22.9 Å². The third kappa shape index (κ3) is 7.82. The number of hydrogen-bond acceptors (Lipinski definition) is 10. The number of benzene rings is 5. The summed E-state index contributed by atoms with van der Waals surface area (Å²) in [5, 5.41) is 39.5. The first kappa shape index (κ1) is 35.1. The van der Waals surface area contributed by atoms with E-state index in [0.717, 1.165) is 44.7 Å². The van der Waals surface area contributed by atoms with Gasteiger partial charge >= 0.3 is 0 Å². The van der Waals surface area contributed by atoms with Gasteiger partial charge in [-0.3, -0.25) is 0 Å². The zero-order valence-electron chi connectivity index (χ0n) is 29.7. The van der Waals surface area contributed by atoms with Crippen molar-refractivity contribution in [3.63, 3.8) is 0 Å². The van der Waals surface area contributed by atoms with E-state index in [4.69, 9.17) is 21.6 Å². The Morgan fingerprint density at radius 3 is 1.98 bits per heavy atom. The lowest BCUT2D eigenvalue weighted by Gasteiger charge is -2.16. The molecule has 53 heavy (non-hydrogen) atoms. The van der Waals surface area contributed by atoms with Crippen LogP contribution in [0.2, 0.25) is 5.02 Å². The highest BCUT2D eigenvalue weighted by Crippen LogP contribution is 2.43. The van der Waals surface area contributed by atoms with Gasteiger partial charge in [-0.25, -0.2) is 9.97 Å². The second kappa shape index (κ2) is 15.1. The molecule has 0 aliphatic heterocycles. The Bertz CT molecular complexity index is 2570. The van der Waals surface area contributed by atoms with E-state index in [-0.39, 0.29) is 0 Å². The minimum Gasteiger partial charge on any atom is -0.339 e. The summed E-state index contributed by atoms with van der Waals surface area (Å²) in [5.41, 5.74) is 9.67. The van der Waals surface area contributed by atoms with Gasteiger partial charge in [-0.05, 0) is 105 Å². The molecule has 2 heterocycles. The van der Waals surface area contributed by atoms with Crippen molar-refractivity contribution >= 4 is 78.2 Å². The third-order valence-corrected chi connectivity index (χ3v) is 9.84. The van der Waals surface area contributed by atoms with Gasteiger partial charge in [-0.2, -0.15) is 5.26 Å². The molecule has 9 nitrogen and oxygen atoms in total. The van der Waals surface area contributed by atoms with E-state index in [1.165, 1.54) is 22.3 Å². The fourth-order valence-electron chi connectivity index (χ4n) is 5.84. The number of halogens is 1. The smallest absolute Gasteiger partial charge is 0.232 e. The minimum atomic E-state index is 0.352. The summed E-state index contributed by atoms with van der Waals surface area (Å²) in [6, 6.07) is 35.9. The maximum absolute atomic E-state index is 10.3. The van der Waals surface area contributed by atoms with Crippen LogP contribution in [0.1, 0.15) is 33.4 Å². The second-order valence-corrected chi connectivity index (χ2v) is 14.1. The highest BCUT2D eigenvalue weighted by Gasteiger charge is 2.20. The van der Waals surface area contributed by atoms with Gasteiger partial charge in [0.25, 0.3) is 0 Å². The van der Waals surface area contributed by atoms with E-state index in [2.05, 4.69) is 69.2 Å². The number of thiazole rings is 1. The number of fused-ring (bicyclic) bond motifs is 1. The average Bonchev–Trinajstić information content (AvgIpc) is 3.56. The van der Waals surface area contributed by atoms with Crippen LogP contribution in [0.5, 0.6) is 0 Å². The third-order valence-electron chi connectivity index (χ3n) is 8.77. The van der Waals surface area contributed by atoms with Crippen LogP contribution in [0.25, 0.3) is 22.0 Å². The number of aromatic nitrogens is 2. The number of anilines is 4. The molecule has 260 valence electrons. The Balaban J connectivity index is 1.30. The first-order valence-electron chi connectivity index (χ1n) is 16.9. The van der Waals surface area contributed by atoms with E-state index >= 15 is 0 Å². The van der Waals surface area contributed by atoms with E-state index in [1.54, 1.807) is 0 Å². The summed E-state index contributed by atoms with van der Waals surface area (Å²) in [4.78, 5) is 9.71. The van der Waals surface area contributed by atoms with Crippen LogP contribution in [0.3, 0.4) is 0 Å². The molecular weight excluding hydrogens is 698 g/mol. The predicted molar refractivity (Wildman–Crippen MR) is 217 cm³/mol. The number of nitrogens with zero attached hydrogens (tertiary/aromatic N) is 7. The van der Waals surface area contributed by atoms with Gasteiger partial charge in [0.2, 0.25) is 5.13 Å². The normalized spacial score (nSPS) is 11.4. The van der Waals surface area contributed by atoms with Crippen molar-refractivity contribution in [3.8, 4) is 17.3 Å². The fourth-order valence-corrected chi connectivity index (χ4v) is 6.70. The molecule has 0 radical (unpaired) electrons. The summed E-state index contributed by atoms with van der Waals surface area (Å²) >= 11 is 7.49.